The number of hydrogen-bond donors (Lipinski definition) is 0. The second-order valence-electron chi connectivity index (χ2n) is 5.16. The molecule has 6 heteroatoms. The smallest absolute Gasteiger partial charge is 0.252 e. The van der Waals surface area contributed by atoms with Gasteiger partial charge in [0.15, 0.2) is 0 Å². The van der Waals surface area contributed by atoms with Crippen LogP contribution in [0.5, 0.6) is 0 Å². The monoisotopic (exact) mass is 281 g/mol. The molecule has 3 rings (SSSR count). The van der Waals surface area contributed by atoms with Crippen LogP contribution in [0.1, 0.15) is 24.7 Å². The van der Waals surface area contributed by atoms with E-state index in [9.17, 15) is 4.79 Å². The zero-order chi connectivity index (χ0) is 14.8. The predicted molar refractivity (Wildman–Crippen MR) is 76.4 cm³/mol. The van der Waals surface area contributed by atoms with Gasteiger partial charge in [-0.25, -0.2) is 9.67 Å². The lowest BCUT2D eigenvalue weighted by Gasteiger charge is -2.35. The summed E-state index contributed by atoms with van der Waals surface area (Å²) >= 11 is 0. The minimum Gasteiger partial charge on any atom is -0.308 e. The van der Waals surface area contributed by atoms with Gasteiger partial charge in [-0.3, -0.25) is 4.79 Å². The molecular weight excluding hydrogens is 266 g/mol. The maximum Gasteiger partial charge on any atom is 0.252 e. The standard InChI is InChI=1S/C15H15N5O/c1-11-6-7-12-4-2-3-5-13(12)20(11)15(21)9-19-10-17-14(8-16)18-19/h2-5,10-11H,6-7,9H2,1H3. The molecule has 2 aromatic rings. The highest BCUT2D eigenvalue weighted by Crippen LogP contribution is 2.30. The van der Waals surface area contributed by atoms with Crippen LogP contribution in [0.3, 0.4) is 0 Å². The quantitative estimate of drug-likeness (QED) is 0.836. The molecule has 1 unspecified atom stereocenters. The molecule has 1 aliphatic rings. The highest BCUT2D eigenvalue weighted by molar-refractivity contribution is 5.95. The predicted octanol–water partition coefficient (Wildman–Crippen LogP) is 1.52. The SMILES string of the molecule is CC1CCc2ccccc2N1C(=O)Cn1cnc(C#N)n1. The van der Waals surface area contributed by atoms with E-state index in [-0.39, 0.29) is 24.3 Å². The third kappa shape index (κ3) is 2.50. The Morgan fingerprint density at radius 2 is 2.29 bits per heavy atom. The summed E-state index contributed by atoms with van der Waals surface area (Å²) in [7, 11) is 0. The van der Waals surface area contributed by atoms with Crippen molar-refractivity contribution in [3.63, 3.8) is 0 Å². The van der Waals surface area contributed by atoms with Crippen molar-refractivity contribution < 1.29 is 4.79 Å². The summed E-state index contributed by atoms with van der Waals surface area (Å²) in [4.78, 5) is 18.2. The van der Waals surface area contributed by atoms with Crippen LogP contribution in [0.4, 0.5) is 5.69 Å². The molecule has 0 aliphatic carbocycles. The number of benzene rings is 1. The molecule has 0 saturated heterocycles. The van der Waals surface area contributed by atoms with Crippen molar-refractivity contribution >= 4 is 11.6 Å². The number of para-hydroxylation sites is 1. The fourth-order valence-corrected chi connectivity index (χ4v) is 2.71. The molecule has 0 N–H and O–H groups in total. The number of fused-ring (bicyclic) bond motifs is 1. The van der Waals surface area contributed by atoms with Crippen molar-refractivity contribution in [2.24, 2.45) is 0 Å². The number of aromatic nitrogens is 3. The fraction of sp³-hybridized carbons (Fsp3) is 0.333. The molecule has 6 nitrogen and oxygen atoms in total. The van der Waals surface area contributed by atoms with E-state index in [1.54, 1.807) is 0 Å². The summed E-state index contributed by atoms with van der Waals surface area (Å²) in [5, 5.41) is 12.7. The molecule has 0 radical (unpaired) electrons. The molecular formula is C15H15N5O. The van der Waals surface area contributed by atoms with Gasteiger partial charge >= 0.3 is 0 Å². The normalized spacial score (nSPS) is 17.1. The fourth-order valence-electron chi connectivity index (χ4n) is 2.71. The first kappa shape index (κ1) is 13.3. The van der Waals surface area contributed by atoms with Crippen LogP contribution in [-0.2, 0) is 17.8 Å². The molecule has 1 aromatic heterocycles. The van der Waals surface area contributed by atoms with E-state index in [1.807, 2.05) is 29.2 Å². The van der Waals surface area contributed by atoms with Crippen LogP contribution >= 0.6 is 0 Å². The van der Waals surface area contributed by atoms with Gasteiger partial charge in [0.1, 0.15) is 18.9 Å². The van der Waals surface area contributed by atoms with Gasteiger partial charge in [-0.1, -0.05) is 18.2 Å². The first-order chi connectivity index (χ1) is 10.2. The van der Waals surface area contributed by atoms with Crippen molar-refractivity contribution in [3.8, 4) is 6.07 Å². The van der Waals surface area contributed by atoms with Gasteiger partial charge in [0.2, 0.25) is 5.91 Å². The molecule has 21 heavy (non-hydrogen) atoms. The van der Waals surface area contributed by atoms with Crippen LogP contribution < -0.4 is 4.90 Å². The lowest BCUT2D eigenvalue weighted by molar-refractivity contribution is -0.119. The minimum absolute atomic E-state index is 0.0379. The zero-order valence-corrected chi connectivity index (χ0v) is 11.7. The summed E-state index contributed by atoms with van der Waals surface area (Å²) in [6.07, 6.45) is 3.35. The molecule has 2 heterocycles. The molecule has 0 saturated carbocycles. The van der Waals surface area contributed by atoms with Gasteiger partial charge in [0.25, 0.3) is 5.82 Å². The van der Waals surface area contributed by atoms with Crippen molar-refractivity contribution in [1.29, 1.82) is 5.26 Å². The van der Waals surface area contributed by atoms with Crippen molar-refractivity contribution in [2.75, 3.05) is 4.90 Å². The Kier molecular flexibility index (Phi) is 3.40. The van der Waals surface area contributed by atoms with Gasteiger partial charge < -0.3 is 4.90 Å². The van der Waals surface area contributed by atoms with Gasteiger partial charge in [0.05, 0.1) is 0 Å². The van der Waals surface area contributed by atoms with E-state index < -0.39 is 0 Å². The molecule has 1 aliphatic heterocycles. The molecule has 0 spiro atoms. The number of amides is 1. The van der Waals surface area contributed by atoms with Crippen molar-refractivity contribution in [3.05, 3.63) is 42.0 Å². The average Bonchev–Trinajstić information content (AvgIpc) is 2.94. The number of nitrogens with zero attached hydrogens (tertiary/aromatic N) is 5. The van der Waals surface area contributed by atoms with Gasteiger partial charge in [0, 0.05) is 11.7 Å². The number of nitriles is 1. The lowest BCUT2D eigenvalue weighted by Crippen LogP contribution is -2.43. The molecule has 1 amide bonds. The van der Waals surface area contributed by atoms with E-state index in [0.29, 0.717) is 0 Å². The van der Waals surface area contributed by atoms with Crippen molar-refractivity contribution in [2.45, 2.75) is 32.4 Å². The molecule has 1 aromatic carbocycles. The van der Waals surface area contributed by atoms with E-state index in [0.717, 1.165) is 18.5 Å². The number of carbonyl (C=O) groups is 1. The first-order valence-corrected chi connectivity index (χ1v) is 6.88. The third-order valence-electron chi connectivity index (χ3n) is 3.73. The van der Waals surface area contributed by atoms with Crippen molar-refractivity contribution in [1.82, 2.24) is 14.8 Å². The summed E-state index contributed by atoms with van der Waals surface area (Å²) in [5.41, 5.74) is 2.17. The summed E-state index contributed by atoms with van der Waals surface area (Å²) < 4.78 is 1.41. The Bertz CT molecular complexity index is 715. The van der Waals surface area contributed by atoms with E-state index in [4.69, 9.17) is 5.26 Å². The lowest BCUT2D eigenvalue weighted by atomic mass is 9.96. The average molecular weight is 281 g/mol. The second-order valence-corrected chi connectivity index (χ2v) is 5.16. The number of carbonyl (C=O) groups excluding carboxylic acids is 1. The Morgan fingerprint density at radius 3 is 3.05 bits per heavy atom. The summed E-state index contributed by atoms with van der Waals surface area (Å²) in [5.74, 6) is 0.0407. The molecule has 0 fully saturated rings. The van der Waals surface area contributed by atoms with Gasteiger partial charge in [-0.05, 0) is 31.4 Å². The van der Waals surface area contributed by atoms with E-state index in [1.165, 1.54) is 16.6 Å². The maximum absolute atomic E-state index is 12.6. The molecule has 1 atom stereocenters. The second kappa shape index (κ2) is 5.37. The maximum atomic E-state index is 12.6. The van der Waals surface area contributed by atoms with Gasteiger partial charge in [-0.15, -0.1) is 5.10 Å². The first-order valence-electron chi connectivity index (χ1n) is 6.88. The largest absolute Gasteiger partial charge is 0.308 e. The topological polar surface area (TPSA) is 74.8 Å². The summed E-state index contributed by atoms with van der Waals surface area (Å²) in [6, 6.07) is 9.99. The Morgan fingerprint density at radius 1 is 1.48 bits per heavy atom. The Balaban J connectivity index is 1.85. The van der Waals surface area contributed by atoms with Crippen LogP contribution in [0.2, 0.25) is 0 Å². The van der Waals surface area contributed by atoms with Crippen LogP contribution in [-0.4, -0.2) is 26.7 Å². The molecule has 0 bridgehead atoms. The number of anilines is 1. The van der Waals surface area contributed by atoms with E-state index in [2.05, 4.69) is 23.1 Å². The Labute approximate surface area is 122 Å². The number of rotatable bonds is 2. The van der Waals surface area contributed by atoms with Crippen LogP contribution in [0, 0.1) is 11.3 Å². The highest BCUT2D eigenvalue weighted by Gasteiger charge is 2.28. The third-order valence-corrected chi connectivity index (χ3v) is 3.73. The van der Waals surface area contributed by atoms with E-state index >= 15 is 0 Å². The number of aryl methyl sites for hydroxylation is 1. The van der Waals surface area contributed by atoms with Crippen LogP contribution in [0.25, 0.3) is 0 Å². The minimum atomic E-state index is -0.0379. The van der Waals surface area contributed by atoms with Crippen LogP contribution in [0.15, 0.2) is 30.6 Å². The number of hydrogen-bond acceptors (Lipinski definition) is 4. The highest BCUT2D eigenvalue weighted by atomic mass is 16.2. The zero-order valence-electron chi connectivity index (χ0n) is 11.7. The molecule has 106 valence electrons. The van der Waals surface area contributed by atoms with Gasteiger partial charge in [-0.2, -0.15) is 5.26 Å². The Hall–Kier alpha value is -2.68. The summed E-state index contributed by atoms with van der Waals surface area (Å²) in [6.45, 7) is 2.14.